The normalized spacial score (nSPS) is 13.6. The summed E-state index contributed by atoms with van der Waals surface area (Å²) in [6.07, 6.45) is 2.70. The zero-order chi connectivity index (χ0) is 29.1. The first-order chi connectivity index (χ1) is 19.6. The van der Waals surface area contributed by atoms with Crippen molar-refractivity contribution in [3.63, 3.8) is 0 Å². The van der Waals surface area contributed by atoms with Crippen LogP contribution < -0.4 is 19.9 Å². The van der Waals surface area contributed by atoms with Crippen LogP contribution in [0.1, 0.15) is 6.92 Å². The molecule has 0 atom stereocenters. The Hall–Kier alpha value is -4.35. The summed E-state index contributed by atoms with van der Waals surface area (Å²) in [5.41, 5.74) is 2.73. The maximum absolute atomic E-state index is 13.7. The summed E-state index contributed by atoms with van der Waals surface area (Å²) in [5, 5.41) is 4.95. The van der Waals surface area contributed by atoms with Gasteiger partial charge in [-0.3, -0.25) is 14.3 Å². The Kier molecular flexibility index (Phi) is 8.00. The van der Waals surface area contributed by atoms with Gasteiger partial charge in [-0.25, -0.2) is 8.42 Å². The van der Waals surface area contributed by atoms with E-state index in [1.165, 1.54) is 4.68 Å². The quantitative estimate of drug-likeness (QED) is 0.338. The van der Waals surface area contributed by atoms with Crippen molar-refractivity contribution in [3.05, 3.63) is 94.4 Å². The van der Waals surface area contributed by atoms with Gasteiger partial charge in [0.25, 0.3) is 0 Å². The molecule has 0 spiro atoms. The molecule has 0 saturated carbocycles. The number of benzene rings is 3. The second kappa shape index (κ2) is 11.6. The van der Waals surface area contributed by atoms with Crippen molar-refractivity contribution in [2.75, 3.05) is 42.1 Å². The molecule has 1 amide bonds. The molecule has 10 nitrogen and oxygen atoms in total. The van der Waals surface area contributed by atoms with Crippen LogP contribution in [0.25, 0.3) is 16.8 Å². The van der Waals surface area contributed by atoms with E-state index in [0.717, 1.165) is 17.4 Å². The number of hydrogen-bond donors (Lipinski definition) is 1. The second-order valence-corrected chi connectivity index (χ2v) is 11.8. The molecule has 0 radical (unpaired) electrons. The topological polar surface area (TPSA) is 114 Å². The Morgan fingerprint density at radius 3 is 2.27 bits per heavy atom. The molecule has 12 heteroatoms. The highest BCUT2D eigenvalue weighted by Crippen LogP contribution is 2.32. The van der Waals surface area contributed by atoms with Gasteiger partial charge in [0.15, 0.2) is 0 Å². The van der Waals surface area contributed by atoms with Crippen LogP contribution in [-0.2, 0) is 14.8 Å². The summed E-state index contributed by atoms with van der Waals surface area (Å²) in [4.78, 5) is 29.3. The van der Waals surface area contributed by atoms with Crippen molar-refractivity contribution in [3.8, 4) is 28.3 Å². The van der Waals surface area contributed by atoms with E-state index in [-0.39, 0.29) is 11.7 Å². The minimum absolute atomic E-state index is 0.00938. The van der Waals surface area contributed by atoms with E-state index < -0.39 is 15.6 Å². The Morgan fingerprint density at radius 1 is 0.951 bits per heavy atom. The van der Waals surface area contributed by atoms with Crippen molar-refractivity contribution in [1.82, 2.24) is 14.7 Å². The number of nitrogens with zero attached hydrogens (tertiary/aromatic N) is 4. The largest absolute Gasteiger partial charge is 0.449 e. The van der Waals surface area contributed by atoms with Gasteiger partial charge in [0.1, 0.15) is 11.4 Å². The van der Waals surface area contributed by atoms with Crippen LogP contribution in [-0.4, -0.2) is 61.4 Å². The van der Waals surface area contributed by atoms with Gasteiger partial charge in [-0.15, -0.1) is 0 Å². The molecule has 5 rings (SSSR count). The third-order valence-electron chi connectivity index (χ3n) is 6.63. The highest BCUT2D eigenvalue weighted by Gasteiger charge is 2.25. The molecular weight excluding hydrogens is 566 g/mol. The fourth-order valence-electron chi connectivity index (χ4n) is 4.59. The van der Waals surface area contributed by atoms with Crippen molar-refractivity contribution in [2.24, 2.45) is 0 Å². The molecule has 1 aliphatic heterocycles. The van der Waals surface area contributed by atoms with Gasteiger partial charge in [-0.1, -0.05) is 35.9 Å². The minimum Gasteiger partial charge on any atom is -0.449 e. The molecule has 1 aliphatic rings. The standard InChI is InChI=1S/C29H28ClN5O5S/c1-20(36)33-14-16-34(17-15-33)27-19-31-35(25-10-8-23(30)9-11-25)29(37)28(27)40-26-12-6-21(7-13-26)22-4-3-5-24(18-22)32-41(2,38)39/h3-13,18-19,32H,14-17H2,1-2H3. The SMILES string of the molecule is CC(=O)N1CCN(c2cnn(-c3ccc(Cl)cc3)c(=O)c2Oc2ccc(-c3cccc(NS(C)(=O)=O)c3)cc2)CC1. The maximum Gasteiger partial charge on any atom is 0.316 e. The van der Waals surface area contributed by atoms with Gasteiger partial charge in [0.2, 0.25) is 21.7 Å². The number of hydrogen-bond acceptors (Lipinski definition) is 7. The first kappa shape index (κ1) is 28.2. The third-order valence-corrected chi connectivity index (χ3v) is 7.48. The van der Waals surface area contributed by atoms with Gasteiger partial charge in [-0.05, 0) is 59.7 Å². The molecule has 212 valence electrons. The Bertz CT molecular complexity index is 1730. The number of sulfonamides is 1. The number of rotatable bonds is 7. The molecule has 3 aromatic carbocycles. The monoisotopic (exact) mass is 593 g/mol. The Balaban J connectivity index is 1.47. The van der Waals surface area contributed by atoms with Crippen LogP contribution in [0.2, 0.25) is 5.02 Å². The van der Waals surface area contributed by atoms with E-state index in [2.05, 4.69) is 9.82 Å². The maximum atomic E-state index is 13.7. The highest BCUT2D eigenvalue weighted by atomic mass is 35.5. The van der Waals surface area contributed by atoms with Crippen molar-refractivity contribution < 1.29 is 17.9 Å². The lowest BCUT2D eigenvalue weighted by Gasteiger charge is -2.35. The predicted octanol–water partition coefficient (Wildman–Crippen LogP) is 4.39. The van der Waals surface area contributed by atoms with E-state index in [0.29, 0.717) is 54.0 Å². The number of anilines is 2. The molecule has 4 aromatic rings. The molecule has 1 saturated heterocycles. The van der Waals surface area contributed by atoms with Crippen LogP contribution in [0.5, 0.6) is 11.5 Å². The highest BCUT2D eigenvalue weighted by molar-refractivity contribution is 7.92. The van der Waals surface area contributed by atoms with Gasteiger partial charge >= 0.3 is 5.56 Å². The van der Waals surface area contributed by atoms with Crippen molar-refractivity contribution in [1.29, 1.82) is 0 Å². The summed E-state index contributed by atoms with van der Waals surface area (Å²) in [7, 11) is -3.40. The Morgan fingerprint density at radius 2 is 1.63 bits per heavy atom. The summed E-state index contributed by atoms with van der Waals surface area (Å²) >= 11 is 6.03. The van der Waals surface area contributed by atoms with Gasteiger partial charge < -0.3 is 14.5 Å². The smallest absolute Gasteiger partial charge is 0.316 e. The first-order valence-electron chi connectivity index (χ1n) is 12.8. The zero-order valence-corrected chi connectivity index (χ0v) is 24.0. The van der Waals surface area contributed by atoms with Gasteiger partial charge in [0.05, 0.1) is 18.1 Å². The fourth-order valence-corrected chi connectivity index (χ4v) is 5.27. The molecule has 41 heavy (non-hydrogen) atoms. The lowest BCUT2D eigenvalue weighted by molar-refractivity contribution is -0.129. The van der Waals surface area contributed by atoms with Crippen LogP contribution in [0.4, 0.5) is 11.4 Å². The number of aromatic nitrogens is 2. The molecule has 1 aromatic heterocycles. The van der Waals surface area contributed by atoms with E-state index in [4.69, 9.17) is 16.3 Å². The number of carbonyl (C=O) groups is 1. The zero-order valence-electron chi connectivity index (χ0n) is 22.5. The van der Waals surface area contributed by atoms with E-state index in [1.807, 2.05) is 23.1 Å². The lowest BCUT2D eigenvalue weighted by Crippen LogP contribution is -2.48. The average molecular weight is 594 g/mol. The van der Waals surface area contributed by atoms with Crippen molar-refractivity contribution >= 4 is 38.9 Å². The van der Waals surface area contributed by atoms with Crippen LogP contribution in [0, 0.1) is 0 Å². The number of nitrogens with one attached hydrogen (secondary N) is 1. The number of piperazine rings is 1. The summed E-state index contributed by atoms with van der Waals surface area (Å²) in [6.45, 7) is 3.65. The number of carbonyl (C=O) groups excluding carboxylic acids is 1. The first-order valence-corrected chi connectivity index (χ1v) is 15.1. The second-order valence-electron chi connectivity index (χ2n) is 9.63. The van der Waals surface area contributed by atoms with Crippen molar-refractivity contribution in [2.45, 2.75) is 6.92 Å². The van der Waals surface area contributed by atoms with Gasteiger partial charge in [0, 0.05) is 43.8 Å². The molecule has 0 bridgehead atoms. The third kappa shape index (κ3) is 6.69. The van der Waals surface area contributed by atoms with E-state index in [9.17, 15) is 18.0 Å². The number of ether oxygens (including phenoxy) is 1. The molecule has 1 N–H and O–H groups in total. The molecule has 1 fully saturated rings. The Labute approximate surface area is 242 Å². The van der Waals surface area contributed by atoms with Crippen LogP contribution in [0.3, 0.4) is 0 Å². The molecule has 0 unspecified atom stereocenters. The number of amides is 1. The molecule has 2 heterocycles. The van der Waals surface area contributed by atoms with E-state index in [1.54, 1.807) is 72.6 Å². The minimum atomic E-state index is -3.40. The molecular formula is C29H28ClN5O5S. The average Bonchev–Trinajstić information content (AvgIpc) is 2.94. The van der Waals surface area contributed by atoms with Gasteiger partial charge in [-0.2, -0.15) is 9.78 Å². The van der Waals surface area contributed by atoms with Crippen LogP contribution >= 0.6 is 11.6 Å². The summed E-state index contributed by atoms with van der Waals surface area (Å²) in [6, 6.07) is 21.0. The lowest BCUT2D eigenvalue weighted by atomic mass is 10.1. The summed E-state index contributed by atoms with van der Waals surface area (Å²) < 4.78 is 33.2. The predicted molar refractivity (Wildman–Crippen MR) is 160 cm³/mol. The number of halogens is 1. The fraction of sp³-hybridized carbons (Fsp3) is 0.207. The molecule has 0 aliphatic carbocycles. The van der Waals surface area contributed by atoms with E-state index >= 15 is 0 Å². The van der Waals surface area contributed by atoms with Crippen LogP contribution in [0.15, 0.2) is 83.8 Å². The summed E-state index contributed by atoms with van der Waals surface area (Å²) in [5.74, 6) is 0.558.